The predicted molar refractivity (Wildman–Crippen MR) is 84.1 cm³/mol. The van der Waals surface area contributed by atoms with E-state index < -0.39 is 10.0 Å². The van der Waals surface area contributed by atoms with E-state index in [1.165, 1.54) is 7.11 Å². The molecular formula is C15H18N2O3S. The van der Waals surface area contributed by atoms with Gasteiger partial charge in [0, 0.05) is 6.07 Å². The van der Waals surface area contributed by atoms with Gasteiger partial charge in [-0.05, 0) is 43.2 Å². The summed E-state index contributed by atoms with van der Waals surface area (Å²) in [6.45, 7) is 3.61. The number of aryl methyl sites for hydroxylation is 2. The predicted octanol–water partition coefficient (Wildman–Crippen LogP) is 2.70. The van der Waals surface area contributed by atoms with E-state index in [1.54, 1.807) is 37.3 Å². The van der Waals surface area contributed by atoms with Crippen LogP contribution in [0.4, 0.5) is 11.4 Å². The van der Waals surface area contributed by atoms with Gasteiger partial charge in [-0.25, -0.2) is 8.42 Å². The largest absolute Gasteiger partial charge is 0.495 e. The molecule has 0 bridgehead atoms. The van der Waals surface area contributed by atoms with E-state index in [0.717, 1.165) is 5.56 Å². The van der Waals surface area contributed by atoms with Gasteiger partial charge in [0.15, 0.2) is 0 Å². The molecule has 0 aromatic heterocycles. The van der Waals surface area contributed by atoms with Gasteiger partial charge < -0.3 is 10.5 Å². The Morgan fingerprint density at radius 1 is 1.10 bits per heavy atom. The number of sulfonamides is 1. The highest BCUT2D eigenvalue weighted by molar-refractivity contribution is 7.92. The first-order valence-corrected chi connectivity index (χ1v) is 7.85. The number of benzene rings is 2. The van der Waals surface area contributed by atoms with Gasteiger partial charge in [0.1, 0.15) is 5.75 Å². The SMILES string of the molecule is COc1cc(NS(=O)(=O)c2cc(C)ccc2C)ccc1N. The molecular weight excluding hydrogens is 288 g/mol. The van der Waals surface area contributed by atoms with Crippen LogP contribution in [-0.4, -0.2) is 15.5 Å². The van der Waals surface area contributed by atoms with Crippen LogP contribution in [-0.2, 0) is 10.0 Å². The van der Waals surface area contributed by atoms with Crippen molar-refractivity contribution < 1.29 is 13.2 Å². The average molecular weight is 306 g/mol. The second-order valence-corrected chi connectivity index (χ2v) is 6.48. The molecule has 0 aliphatic rings. The molecule has 2 aromatic carbocycles. The normalized spacial score (nSPS) is 11.2. The molecule has 0 amide bonds. The number of nitrogens with one attached hydrogen (secondary N) is 1. The van der Waals surface area contributed by atoms with Crippen molar-refractivity contribution in [1.29, 1.82) is 0 Å². The molecule has 5 nitrogen and oxygen atoms in total. The highest BCUT2D eigenvalue weighted by Gasteiger charge is 2.17. The van der Waals surface area contributed by atoms with Crippen LogP contribution in [0.25, 0.3) is 0 Å². The minimum absolute atomic E-state index is 0.262. The minimum Gasteiger partial charge on any atom is -0.495 e. The van der Waals surface area contributed by atoms with Crippen molar-refractivity contribution in [2.75, 3.05) is 17.6 Å². The maximum atomic E-state index is 12.5. The quantitative estimate of drug-likeness (QED) is 0.851. The van der Waals surface area contributed by atoms with Gasteiger partial charge in [0.05, 0.1) is 23.4 Å². The van der Waals surface area contributed by atoms with E-state index in [0.29, 0.717) is 22.7 Å². The standard InChI is InChI=1S/C15H18N2O3S/c1-10-4-5-11(2)15(8-10)21(18,19)17-12-6-7-13(16)14(9-12)20-3/h4-9,17H,16H2,1-3H3. The molecule has 0 atom stereocenters. The number of rotatable bonds is 4. The number of methoxy groups -OCH3 is 1. The summed E-state index contributed by atoms with van der Waals surface area (Å²) in [6.07, 6.45) is 0. The highest BCUT2D eigenvalue weighted by atomic mass is 32.2. The van der Waals surface area contributed by atoms with Gasteiger partial charge in [-0.2, -0.15) is 0 Å². The number of nitrogens with two attached hydrogens (primary N) is 1. The summed E-state index contributed by atoms with van der Waals surface area (Å²) in [4.78, 5) is 0.262. The van der Waals surface area contributed by atoms with Crippen molar-refractivity contribution in [3.63, 3.8) is 0 Å². The molecule has 3 N–H and O–H groups in total. The number of nitrogen functional groups attached to an aromatic ring is 1. The maximum absolute atomic E-state index is 12.5. The smallest absolute Gasteiger partial charge is 0.262 e. The fraction of sp³-hybridized carbons (Fsp3) is 0.200. The van der Waals surface area contributed by atoms with E-state index in [4.69, 9.17) is 10.5 Å². The lowest BCUT2D eigenvalue weighted by atomic mass is 10.2. The zero-order chi connectivity index (χ0) is 15.6. The van der Waals surface area contributed by atoms with Crippen molar-refractivity contribution in [2.24, 2.45) is 0 Å². The van der Waals surface area contributed by atoms with E-state index in [-0.39, 0.29) is 4.90 Å². The van der Waals surface area contributed by atoms with Crippen LogP contribution in [0, 0.1) is 13.8 Å². The molecule has 0 fully saturated rings. The summed E-state index contributed by atoms with van der Waals surface area (Å²) in [5.74, 6) is 0.427. The molecule has 0 spiro atoms. The topological polar surface area (TPSA) is 81.4 Å². The van der Waals surface area contributed by atoms with Gasteiger partial charge >= 0.3 is 0 Å². The summed E-state index contributed by atoms with van der Waals surface area (Å²) in [6, 6.07) is 10.1. The van der Waals surface area contributed by atoms with E-state index in [2.05, 4.69) is 4.72 Å². The lowest BCUT2D eigenvalue weighted by Gasteiger charge is -2.12. The summed E-state index contributed by atoms with van der Waals surface area (Å²) in [5.41, 5.74) is 8.15. The first-order valence-electron chi connectivity index (χ1n) is 6.37. The maximum Gasteiger partial charge on any atom is 0.262 e. The Labute approximate surface area is 124 Å². The molecule has 2 rings (SSSR count). The lowest BCUT2D eigenvalue weighted by Crippen LogP contribution is -2.14. The van der Waals surface area contributed by atoms with Crippen LogP contribution < -0.4 is 15.2 Å². The average Bonchev–Trinajstić information content (AvgIpc) is 2.43. The van der Waals surface area contributed by atoms with Crippen molar-refractivity contribution in [2.45, 2.75) is 18.7 Å². The zero-order valence-corrected chi connectivity index (χ0v) is 13.0. The Balaban J connectivity index is 2.40. The Bertz CT molecular complexity index is 770. The summed E-state index contributed by atoms with van der Waals surface area (Å²) in [5, 5.41) is 0. The number of anilines is 2. The lowest BCUT2D eigenvalue weighted by molar-refractivity contribution is 0.417. The first kappa shape index (κ1) is 15.2. The van der Waals surface area contributed by atoms with Crippen LogP contribution in [0.15, 0.2) is 41.3 Å². The number of hydrogen-bond acceptors (Lipinski definition) is 4. The molecule has 112 valence electrons. The number of hydrogen-bond donors (Lipinski definition) is 2. The first-order chi connectivity index (χ1) is 9.83. The van der Waals surface area contributed by atoms with Crippen LogP contribution in [0.3, 0.4) is 0 Å². The Hall–Kier alpha value is -2.21. The summed E-state index contributed by atoms with van der Waals surface area (Å²) in [7, 11) is -2.17. The molecule has 0 saturated carbocycles. The molecule has 0 aliphatic carbocycles. The monoisotopic (exact) mass is 306 g/mol. The van der Waals surface area contributed by atoms with Gasteiger partial charge in [-0.15, -0.1) is 0 Å². The molecule has 0 saturated heterocycles. The third kappa shape index (κ3) is 3.28. The van der Waals surface area contributed by atoms with Crippen molar-refractivity contribution in [3.05, 3.63) is 47.5 Å². The van der Waals surface area contributed by atoms with E-state index in [1.807, 2.05) is 13.0 Å². The highest BCUT2D eigenvalue weighted by Crippen LogP contribution is 2.27. The number of ether oxygens (including phenoxy) is 1. The molecule has 0 unspecified atom stereocenters. The van der Waals surface area contributed by atoms with Crippen molar-refractivity contribution >= 4 is 21.4 Å². The minimum atomic E-state index is -3.65. The molecule has 0 radical (unpaired) electrons. The van der Waals surface area contributed by atoms with Crippen LogP contribution in [0.5, 0.6) is 5.75 Å². The van der Waals surface area contributed by atoms with Gasteiger partial charge in [0.25, 0.3) is 10.0 Å². The third-order valence-electron chi connectivity index (χ3n) is 3.12. The van der Waals surface area contributed by atoms with Crippen LogP contribution in [0.1, 0.15) is 11.1 Å². The fourth-order valence-electron chi connectivity index (χ4n) is 1.98. The molecule has 6 heteroatoms. The van der Waals surface area contributed by atoms with Gasteiger partial charge in [-0.1, -0.05) is 12.1 Å². The third-order valence-corrected chi connectivity index (χ3v) is 4.64. The van der Waals surface area contributed by atoms with Gasteiger partial charge in [-0.3, -0.25) is 4.72 Å². The Morgan fingerprint density at radius 3 is 2.48 bits per heavy atom. The van der Waals surface area contributed by atoms with E-state index >= 15 is 0 Å². The molecule has 0 heterocycles. The van der Waals surface area contributed by atoms with Crippen molar-refractivity contribution in [3.8, 4) is 5.75 Å². The second-order valence-electron chi connectivity index (χ2n) is 4.83. The molecule has 0 aliphatic heterocycles. The van der Waals surface area contributed by atoms with E-state index in [9.17, 15) is 8.42 Å². The second kappa shape index (κ2) is 5.65. The Kier molecular flexibility index (Phi) is 4.09. The Morgan fingerprint density at radius 2 is 1.81 bits per heavy atom. The zero-order valence-electron chi connectivity index (χ0n) is 12.2. The summed E-state index contributed by atoms with van der Waals surface area (Å²) >= 11 is 0. The van der Waals surface area contributed by atoms with Crippen LogP contribution in [0.2, 0.25) is 0 Å². The molecule has 21 heavy (non-hydrogen) atoms. The van der Waals surface area contributed by atoms with Gasteiger partial charge in [0.2, 0.25) is 0 Å². The van der Waals surface area contributed by atoms with Crippen molar-refractivity contribution in [1.82, 2.24) is 0 Å². The fourth-order valence-corrected chi connectivity index (χ4v) is 3.36. The summed E-state index contributed by atoms with van der Waals surface area (Å²) < 4.78 is 32.6. The molecule has 2 aromatic rings. The van der Waals surface area contributed by atoms with Crippen LogP contribution >= 0.6 is 0 Å².